The average molecular weight is 219 g/mol. The van der Waals surface area contributed by atoms with Crippen molar-refractivity contribution >= 4 is 0 Å². The Morgan fingerprint density at radius 1 is 1.00 bits per heavy atom. The second-order valence-corrected chi connectivity index (χ2v) is 5.28. The first-order valence-corrected chi connectivity index (χ1v) is 5.31. The molecule has 0 radical (unpaired) electrons. The summed E-state index contributed by atoms with van der Waals surface area (Å²) in [6.07, 6.45) is 0.264. The van der Waals surface area contributed by atoms with Gasteiger partial charge in [-0.25, -0.2) is 0 Å². The van der Waals surface area contributed by atoms with E-state index in [1.54, 1.807) is 14.2 Å². The van der Waals surface area contributed by atoms with Gasteiger partial charge < -0.3 is 18.9 Å². The molecule has 0 aliphatic rings. The van der Waals surface area contributed by atoms with Gasteiger partial charge in [0.2, 0.25) is 0 Å². The highest BCUT2D eigenvalue weighted by molar-refractivity contribution is 4.72. The summed E-state index contributed by atoms with van der Waals surface area (Å²) < 4.78 is 11.9. The number of hydrogen-bond donors (Lipinski definition) is 0. The lowest BCUT2D eigenvalue weighted by Crippen LogP contribution is -2.49. The summed E-state index contributed by atoms with van der Waals surface area (Å²) in [4.78, 5) is 2.12. The number of ether oxygens (including phenoxy) is 2. The van der Waals surface area contributed by atoms with Crippen molar-refractivity contribution in [3.8, 4) is 0 Å². The van der Waals surface area contributed by atoms with Crippen LogP contribution in [0, 0.1) is 0 Å². The van der Waals surface area contributed by atoms with E-state index in [9.17, 15) is 0 Å². The number of rotatable bonds is 7. The third-order valence-corrected chi connectivity index (χ3v) is 2.29. The van der Waals surface area contributed by atoms with Crippen LogP contribution in [0.3, 0.4) is 0 Å². The number of likely N-dealkylation sites (N-methyl/N-ethyl adjacent to an activating group) is 2. The molecular formula is C11H27N2O2+. The van der Waals surface area contributed by atoms with Gasteiger partial charge in [0.05, 0.1) is 21.1 Å². The van der Waals surface area contributed by atoms with Crippen molar-refractivity contribution in [1.82, 2.24) is 4.90 Å². The molecule has 0 N–H and O–H groups in total. The van der Waals surface area contributed by atoms with Gasteiger partial charge in [0.25, 0.3) is 0 Å². The maximum atomic E-state index is 5.51. The molecule has 0 amide bonds. The summed E-state index contributed by atoms with van der Waals surface area (Å²) in [5, 5.41) is 0. The van der Waals surface area contributed by atoms with E-state index in [2.05, 4.69) is 26.0 Å². The highest BCUT2D eigenvalue weighted by Gasteiger charge is 2.27. The first-order valence-electron chi connectivity index (χ1n) is 5.31. The van der Waals surface area contributed by atoms with Crippen LogP contribution in [0.5, 0.6) is 0 Å². The molecule has 0 heterocycles. The lowest BCUT2D eigenvalue weighted by Gasteiger charge is -2.33. The Morgan fingerprint density at radius 2 is 1.47 bits per heavy atom. The van der Waals surface area contributed by atoms with E-state index in [4.69, 9.17) is 9.47 Å². The second kappa shape index (κ2) is 6.43. The molecule has 0 aliphatic heterocycles. The van der Waals surface area contributed by atoms with Crippen molar-refractivity contribution in [3.63, 3.8) is 0 Å². The fraction of sp³-hybridized carbons (Fsp3) is 1.00. The SMILES string of the molecule is COC(CN(C)C)C(C[N+](C)(C)C)OC. The monoisotopic (exact) mass is 219 g/mol. The van der Waals surface area contributed by atoms with Crippen molar-refractivity contribution in [2.75, 3.05) is 62.5 Å². The smallest absolute Gasteiger partial charge is 0.133 e. The molecule has 4 heteroatoms. The van der Waals surface area contributed by atoms with E-state index in [0.29, 0.717) is 0 Å². The van der Waals surface area contributed by atoms with E-state index in [1.807, 2.05) is 14.1 Å². The molecule has 4 nitrogen and oxygen atoms in total. The largest absolute Gasteiger partial charge is 0.377 e. The third kappa shape index (κ3) is 6.84. The Bertz CT molecular complexity index is 166. The summed E-state index contributed by atoms with van der Waals surface area (Å²) in [7, 11) is 14.1. The van der Waals surface area contributed by atoms with Crippen LogP contribution >= 0.6 is 0 Å². The third-order valence-electron chi connectivity index (χ3n) is 2.29. The standard InChI is InChI=1S/C11H27N2O2/c1-12(2)8-10(14-6)11(15-7)9-13(3,4)5/h10-11H,8-9H2,1-7H3/q+1. The van der Waals surface area contributed by atoms with Gasteiger partial charge in [0.1, 0.15) is 18.8 Å². The summed E-state index contributed by atoms with van der Waals surface area (Å²) >= 11 is 0. The Morgan fingerprint density at radius 3 is 1.73 bits per heavy atom. The van der Waals surface area contributed by atoms with Crippen molar-refractivity contribution in [1.29, 1.82) is 0 Å². The molecule has 0 bridgehead atoms. The molecule has 2 atom stereocenters. The molecule has 0 aromatic carbocycles. The van der Waals surface area contributed by atoms with Gasteiger partial charge in [0, 0.05) is 20.8 Å². The lowest BCUT2D eigenvalue weighted by atomic mass is 10.1. The van der Waals surface area contributed by atoms with Crippen molar-refractivity contribution < 1.29 is 14.0 Å². The minimum atomic E-state index is 0.127. The van der Waals surface area contributed by atoms with Crippen LogP contribution in [0.1, 0.15) is 0 Å². The summed E-state index contributed by atoms with van der Waals surface area (Å²) in [6, 6.07) is 0. The maximum absolute atomic E-state index is 5.51. The van der Waals surface area contributed by atoms with E-state index < -0.39 is 0 Å². The number of methoxy groups -OCH3 is 2. The molecule has 0 spiro atoms. The molecule has 0 aromatic rings. The predicted octanol–water partition coefficient (Wildman–Crippen LogP) is 0.284. The zero-order valence-corrected chi connectivity index (χ0v) is 11.3. The van der Waals surface area contributed by atoms with Crippen LogP contribution in [0.25, 0.3) is 0 Å². The van der Waals surface area contributed by atoms with Gasteiger partial charge in [-0.1, -0.05) is 0 Å². The molecule has 2 unspecified atom stereocenters. The minimum Gasteiger partial charge on any atom is -0.377 e. The Hall–Kier alpha value is -0.160. The predicted molar refractivity (Wildman–Crippen MR) is 63.0 cm³/mol. The normalized spacial score (nSPS) is 16.8. The molecule has 0 aliphatic carbocycles. The van der Waals surface area contributed by atoms with Crippen LogP contribution in [-0.4, -0.2) is 84.1 Å². The quantitative estimate of drug-likeness (QED) is 0.574. The van der Waals surface area contributed by atoms with Crippen LogP contribution in [0.2, 0.25) is 0 Å². The van der Waals surface area contributed by atoms with Gasteiger partial charge in [-0.15, -0.1) is 0 Å². The van der Waals surface area contributed by atoms with Crippen LogP contribution in [0.15, 0.2) is 0 Å². The van der Waals surface area contributed by atoms with E-state index in [-0.39, 0.29) is 12.2 Å². The maximum Gasteiger partial charge on any atom is 0.133 e. The Kier molecular flexibility index (Phi) is 6.36. The van der Waals surface area contributed by atoms with Crippen LogP contribution in [0.4, 0.5) is 0 Å². The van der Waals surface area contributed by atoms with Gasteiger partial charge >= 0.3 is 0 Å². The number of hydrogen-bond acceptors (Lipinski definition) is 3. The van der Waals surface area contributed by atoms with Gasteiger partial charge in [0.15, 0.2) is 0 Å². The zero-order valence-electron chi connectivity index (χ0n) is 11.3. The van der Waals surface area contributed by atoms with Gasteiger partial charge in [-0.3, -0.25) is 0 Å². The summed E-state index contributed by atoms with van der Waals surface area (Å²) in [6.45, 7) is 1.83. The van der Waals surface area contributed by atoms with E-state index >= 15 is 0 Å². The van der Waals surface area contributed by atoms with Gasteiger partial charge in [-0.05, 0) is 14.1 Å². The van der Waals surface area contributed by atoms with E-state index in [0.717, 1.165) is 17.6 Å². The molecular weight excluding hydrogens is 192 g/mol. The number of quaternary nitrogens is 1. The molecule has 0 aromatic heterocycles. The fourth-order valence-electron chi connectivity index (χ4n) is 1.59. The molecule has 92 valence electrons. The van der Waals surface area contributed by atoms with Crippen molar-refractivity contribution in [2.45, 2.75) is 12.2 Å². The first kappa shape index (κ1) is 14.8. The van der Waals surface area contributed by atoms with Crippen LogP contribution in [-0.2, 0) is 9.47 Å². The fourth-order valence-corrected chi connectivity index (χ4v) is 1.59. The summed E-state index contributed by atoms with van der Waals surface area (Å²) in [5.41, 5.74) is 0. The van der Waals surface area contributed by atoms with Crippen molar-refractivity contribution in [3.05, 3.63) is 0 Å². The summed E-state index contributed by atoms with van der Waals surface area (Å²) in [5.74, 6) is 0. The molecule has 0 saturated carbocycles. The number of nitrogens with zero attached hydrogens (tertiary/aromatic N) is 2. The average Bonchev–Trinajstić information content (AvgIpc) is 2.08. The first-order chi connectivity index (χ1) is 6.80. The molecule has 15 heavy (non-hydrogen) atoms. The molecule has 0 saturated heterocycles. The Labute approximate surface area is 94.3 Å². The topological polar surface area (TPSA) is 21.7 Å². The Balaban J connectivity index is 4.33. The van der Waals surface area contributed by atoms with Crippen LogP contribution < -0.4 is 0 Å². The van der Waals surface area contributed by atoms with Gasteiger partial charge in [-0.2, -0.15) is 0 Å². The second-order valence-electron chi connectivity index (χ2n) is 5.28. The molecule has 0 rings (SSSR count). The minimum absolute atomic E-state index is 0.127. The molecule has 0 fully saturated rings. The van der Waals surface area contributed by atoms with Crippen molar-refractivity contribution in [2.24, 2.45) is 0 Å². The highest BCUT2D eigenvalue weighted by atomic mass is 16.5. The highest BCUT2D eigenvalue weighted by Crippen LogP contribution is 2.08. The lowest BCUT2D eigenvalue weighted by molar-refractivity contribution is -0.874. The zero-order chi connectivity index (χ0) is 12.1. The van der Waals surface area contributed by atoms with E-state index in [1.165, 1.54) is 0 Å².